The lowest BCUT2D eigenvalue weighted by Gasteiger charge is -2.35. The predicted molar refractivity (Wildman–Crippen MR) is 233 cm³/mol. The molecule has 0 saturated carbocycles. The predicted octanol–water partition coefficient (Wildman–Crippen LogP) is 14.3. The zero-order chi connectivity index (χ0) is 37.5. The van der Waals surface area contributed by atoms with Gasteiger partial charge >= 0.3 is 0 Å². The summed E-state index contributed by atoms with van der Waals surface area (Å²) in [6.45, 7) is 0.497. The van der Waals surface area contributed by atoms with E-state index in [9.17, 15) is 0 Å². The number of hydrogen-bond acceptors (Lipinski definition) is 4. The van der Waals surface area contributed by atoms with Crippen LogP contribution in [0.15, 0.2) is 197 Å². The molecular formula is C53H35NO3. The van der Waals surface area contributed by atoms with Gasteiger partial charge in [-0.3, -0.25) is 0 Å². The van der Waals surface area contributed by atoms with E-state index in [0.717, 1.165) is 78.7 Å². The van der Waals surface area contributed by atoms with E-state index in [1.54, 1.807) is 0 Å². The van der Waals surface area contributed by atoms with E-state index in [0.29, 0.717) is 6.61 Å². The lowest BCUT2D eigenvalue weighted by Crippen LogP contribution is -2.27. The Hall–Kier alpha value is -7.30. The third-order valence-electron chi connectivity index (χ3n) is 12.1. The lowest BCUT2D eigenvalue weighted by atomic mass is 9.69. The molecule has 1 aliphatic heterocycles. The van der Waals surface area contributed by atoms with Crippen LogP contribution in [0.1, 0.15) is 23.1 Å². The molecule has 4 nitrogen and oxygen atoms in total. The molecular weight excluding hydrogens is 699 g/mol. The van der Waals surface area contributed by atoms with Crippen molar-refractivity contribution in [3.63, 3.8) is 0 Å². The average Bonchev–Trinajstić information content (AvgIpc) is 3.91. The Balaban J connectivity index is 1.14. The van der Waals surface area contributed by atoms with Crippen molar-refractivity contribution in [3.05, 3.63) is 205 Å². The molecule has 8 aromatic carbocycles. The smallest absolute Gasteiger partial charge is 0.137 e. The van der Waals surface area contributed by atoms with Gasteiger partial charge in [0.25, 0.3) is 0 Å². The topological polar surface area (TPSA) is 38.8 Å². The highest BCUT2D eigenvalue weighted by Crippen LogP contribution is 2.59. The summed E-state index contributed by atoms with van der Waals surface area (Å²) in [6.07, 6.45) is 9.42. The Morgan fingerprint density at radius 1 is 0.439 bits per heavy atom. The highest BCUT2D eigenvalue weighted by atomic mass is 16.5. The number of nitrogens with zero attached hydrogens (tertiary/aromatic N) is 1. The number of benzene rings is 8. The molecule has 0 fully saturated rings. The third-order valence-corrected chi connectivity index (χ3v) is 12.1. The van der Waals surface area contributed by atoms with Crippen molar-refractivity contribution < 1.29 is 13.6 Å². The van der Waals surface area contributed by atoms with Gasteiger partial charge in [-0.15, -0.1) is 0 Å². The van der Waals surface area contributed by atoms with Crippen LogP contribution in [0, 0.1) is 0 Å². The Morgan fingerprint density at radius 2 is 1.04 bits per heavy atom. The molecule has 270 valence electrons. The molecule has 1 atom stereocenters. The fourth-order valence-electron chi connectivity index (χ4n) is 9.62. The second-order valence-corrected chi connectivity index (χ2v) is 15.1. The lowest BCUT2D eigenvalue weighted by molar-refractivity contribution is 0.353. The fourth-order valence-corrected chi connectivity index (χ4v) is 9.62. The van der Waals surface area contributed by atoms with Crippen molar-refractivity contribution in [2.75, 3.05) is 11.5 Å². The number of rotatable bonds is 3. The number of fused-ring (bicyclic) bond motifs is 15. The Morgan fingerprint density at radius 3 is 1.79 bits per heavy atom. The van der Waals surface area contributed by atoms with Gasteiger partial charge in [0.1, 0.15) is 34.7 Å². The fraction of sp³-hybridized carbons (Fsp3) is 0.0566. The van der Waals surface area contributed by atoms with Crippen molar-refractivity contribution in [3.8, 4) is 16.9 Å². The molecule has 0 bridgehead atoms. The zero-order valence-corrected chi connectivity index (χ0v) is 31.0. The van der Waals surface area contributed by atoms with E-state index in [1.165, 1.54) is 33.0 Å². The summed E-state index contributed by atoms with van der Waals surface area (Å²) < 4.78 is 19.5. The van der Waals surface area contributed by atoms with Crippen molar-refractivity contribution in [2.24, 2.45) is 0 Å². The summed E-state index contributed by atoms with van der Waals surface area (Å²) >= 11 is 0. The van der Waals surface area contributed by atoms with Crippen molar-refractivity contribution >= 4 is 71.7 Å². The quantitative estimate of drug-likeness (QED) is 0.181. The Bertz CT molecular complexity index is 3190. The first-order valence-corrected chi connectivity index (χ1v) is 19.6. The zero-order valence-electron chi connectivity index (χ0n) is 31.0. The minimum Gasteiger partial charge on any atom is -0.489 e. The first kappa shape index (κ1) is 32.0. The molecule has 1 spiro atoms. The van der Waals surface area contributed by atoms with E-state index in [1.807, 2.05) is 24.3 Å². The standard InChI is InChI=1S/C53H35NO3/c1-2-12-30-55-49-20-10-7-17-44(49)53(29-11-1)45-28-21-34-13-3-4-14-38(34)52(45)43-27-24-35(31-46(43)53)54(36-22-25-41-39-15-5-8-18-47(39)56-50(41)32-36)37-23-26-42-40-16-6-9-19-48(40)57-51(42)33-37/h1-28,31-33H,29-30H2. The summed E-state index contributed by atoms with van der Waals surface area (Å²) in [5.74, 6) is 0.900. The summed E-state index contributed by atoms with van der Waals surface area (Å²) in [4.78, 5) is 2.34. The van der Waals surface area contributed by atoms with Crippen LogP contribution in [0.25, 0.3) is 65.8 Å². The Kier molecular flexibility index (Phi) is 6.93. The van der Waals surface area contributed by atoms with Gasteiger partial charge in [0.2, 0.25) is 0 Å². The molecule has 4 heteroatoms. The highest BCUT2D eigenvalue weighted by Gasteiger charge is 2.46. The number of anilines is 3. The molecule has 2 aliphatic rings. The van der Waals surface area contributed by atoms with Crippen LogP contribution in [0.4, 0.5) is 17.1 Å². The average molecular weight is 734 g/mol. The number of para-hydroxylation sites is 3. The van der Waals surface area contributed by atoms with E-state index < -0.39 is 5.41 Å². The van der Waals surface area contributed by atoms with E-state index in [-0.39, 0.29) is 0 Å². The molecule has 0 amide bonds. The molecule has 0 saturated heterocycles. The summed E-state index contributed by atoms with van der Waals surface area (Å²) in [7, 11) is 0. The van der Waals surface area contributed by atoms with Crippen LogP contribution in [-0.2, 0) is 5.41 Å². The summed E-state index contributed by atoms with van der Waals surface area (Å²) in [5, 5.41) is 6.89. The van der Waals surface area contributed by atoms with Crippen molar-refractivity contribution in [2.45, 2.75) is 11.8 Å². The minimum absolute atomic E-state index is 0.497. The molecule has 2 aromatic heterocycles. The van der Waals surface area contributed by atoms with Crippen LogP contribution in [0.5, 0.6) is 5.75 Å². The molecule has 3 heterocycles. The van der Waals surface area contributed by atoms with Crippen LogP contribution >= 0.6 is 0 Å². The SMILES string of the molecule is C1=CCOc2ccccc2C2(CC=C1)c1cc(N(c3ccc4c(c3)oc3ccccc34)c3ccc4c(c3)oc3ccccc34)ccc1-c1c2ccc2ccccc12. The van der Waals surface area contributed by atoms with Gasteiger partial charge in [0.15, 0.2) is 0 Å². The number of furan rings is 2. The molecule has 57 heavy (non-hydrogen) atoms. The molecule has 0 radical (unpaired) electrons. The van der Waals surface area contributed by atoms with Crippen molar-refractivity contribution in [1.29, 1.82) is 0 Å². The van der Waals surface area contributed by atoms with Gasteiger partial charge in [-0.05, 0) is 100 Å². The monoisotopic (exact) mass is 733 g/mol. The van der Waals surface area contributed by atoms with Crippen molar-refractivity contribution in [1.82, 2.24) is 0 Å². The van der Waals surface area contributed by atoms with E-state index >= 15 is 0 Å². The second kappa shape index (κ2) is 12.4. The van der Waals surface area contributed by atoms with Gasteiger partial charge < -0.3 is 18.5 Å². The van der Waals surface area contributed by atoms with Crippen LogP contribution in [0.2, 0.25) is 0 Å². The van der Waals surface area contributed by atoms with E-state index in [4.69, 9.17) is 13.6 Å². The van der Waals surface area contributed by atoms with Gasteiger partial charge in [0.05, 0.1) is 5.41 Å². The first-order chi connectivity index (χ1) is 28.2. The van der Waals surface area contributed by atoms with Gasteiger partial charge in [-0.1, -0.05) is 115 Å². The molecule has 0 N–H and O–H groups in total. The number of ether oxygens (including phenoxy) is 1. The van der Waals surface area contributed by atoms with E-state index in [2.05, 4.69) is 169 Å². The molecule has 10 aromatic rings. The maximum atomic E-state index is 6.56. The molecule has 12 rings (SSSR count). The molecule has 1 aliphatic carbocycles. The number of allylic oxidation sites excluding steroid dienone is 3. The van der Waals surface area contributed by atoms with Gasteiger partial charge in [-0.25, -0.2) is 0 Å². The summed E-state index contributed by atoms with van der Waals surface area (Å²) in [6, 6.07) is 58.7. The number of hydrogen-bond donors (Lipinski definition) is 0. The minimum atomic E-state index is -0.528. The summed E-state index contributed by atoms with van der Waals surface area (Å²) in [5.41, 5.74) is 12.2. The maximum Gasteiger partial charge on any atom is 0.137 e. The highest BCUT2D eigenvalue weighted by molar-refractivity contribution is 6.08. The first-order valence-electron chi connectivity index (χ1n) is 19.6. The largest absolute Gasteiger partial charge is 0.489 e. The Labute approximate surface area is 329 Å². The van der Waals surface area contributed by atoms with Crippen LogP contribution in [0.3, 0.4) is 0 Å². The third kappa shape index (κ3) is 4.74. The second-order valence-electron chi connectivity index (χ2n) is 15.1. The maximum absolute atomic E-state index is 6.56. The molecule has 1 unspecified atom stereocenters. The van der Waals surface area contributed by atoms with Crippen LogP contribution in [-0.4, -0.2) is 6.61 Å². The van der Waals surface area contributed by atoms with Gasteiger partial charge in [0, 0.05) is 56.3 Å². The van der Waals surface area contributed by atoms with Crippen LogP contribution < -0.4 is 9.64 Å². The van der Waals surface area contributed by atoms with Gasteiger partial charge in [-0.2, -0.15) is 0 Å². The normalized spacial score (nSPS) is 16.0.